The highest BCUT2D eigenvalue weighted by molar-refractivity contribution is 5.83. The molecule has 0 saturated carbocycles. The number of rotatable bonds is 5. The van der Waals surface area contributed by atoms with E-state index in [-0.39, 0.29) is 11.9 Å². The third-order valence-electron chi connectivity index (χ3n) is 3.36. The summed E-state index contributed by atoms with van der Waals surface area (Å²) in [5.41, 5.74) is 1.30. The maximum absolute atomic E-state index is 12.0. The fourth-order valence-electron chi connectivity index (χ4n) is 2.25. The van der Waals surface area contributed by atoms with Gasteiger partial charge in [0.1, 0.15) is 6.10 Å². The van der Waals surface area contributed by atoms with Crippen molar-refractivity contribution in [2.75, 3.05) is 26.7 Å². The molecule has 1 saturated heterocycles. The van der Waals surface area contributed by atoms with E-state index in [2.05, 4.69) is 17.0 Å². The molecule has 1 aliphatic rings. The van der Waals surface area contributed by atoms with Gasteiger partial charge in [0, 0.05) is 19.5 Å². The first kappa shape index (κ1) is 13.2. The molecular formula is C15H21NO2. The fraction of sp³-hybridized carbons (Fsp3) is 0.533. The van der Waals surface area contributed by atoms with Crippen LogP contribution in [0.4, 0.5) is 0 Å². The van der Waals surface area contributed by atoms with Crippen LogP contribution in [0.15, 0.2) is 30.3 Å². The van der Waals surface area contributed by atoms with Crippen LogP contribution in [0.2, 0.25) is 0 Å². The Morgan fingerprint density at radius 1 is 1.39 bits per heavy atom. The lowest BCUT2D eigenvalue weighted by atomic mass is 10.0. The number of nitrogens with zero attached hydrogens (tertiary/aromatic N) is 1. The summed E-state index contributed by atoms with van der Waals surface area (Å²) in [6.07, 6.45) is 2.29. The van der Waals surface area contributed by atoms with Crippen LogP contribution in [0.3, 0.4) is 0 Å². The molecule has 3 nitrogen and oxygen atoms in total. The molecule has 0 bridgehead atoms. The van der Waals surface area contributed by atoms with Crippen LogP contribution >= 0.6 is 0 Å². The van der Waals surface area contributed by atoms with Gasteiger partial charge in [-0.3, -0.25) is 4.79 Å². The summed E-state index contributed by atoms with van der Waals surface area (Å²) in [7, 11) is 2.03. The standard InChI is InChI=1S/C15H21NO2/c1-16-10-11-18-15(12-16)14(17)9-5-8-13-6-3-2-4-7-13/h2-4,6-7,15H,5,8-12H2,1H3. The van der Waals surface area contributed by atoms with E-state index in [4.69, 9.17) is 4.74 Å². The number of benzene rings is 1. The molecule has 0 spiro atoms. The Morgan fingerprint density at radius 3 is 2.89 bits per heavy atom. The zero-order valence-electron chi connectivity index (χ0n) is 11.0. The first-order chi connectivity index (χ1) is 8.75. The van der Waals surface area contributed by atoms with Crippen molar-refractivity contribution in [3.63, 3.8) is 0 Å². The monoisotopic (exact) mass is 247 g/mol. The number of aryl methyl sites for hydroxylation is 1. The van der Waals surface area contributed by atoms with Crippen molar-refractivity contribution < 1.29 is 9.53 Å². The van der Waals surface area contributed by atoms with Crippen LogP contribution in [0.25, 0.3) is 0 Å². The first-order valence-corrected chi connectivity index (χ1v) is 6.62. The summed E-state index contributed by atoms with van der Waals surface area (Å²) in [6.45, 7) is 2.34. The molecule has 0 aliphatic carbocycles. The smallest absolute Gasteiger partial charge is 0.162 e. The van der Waals surface area contributed by atoms with E-state index in [1.54, 1.807) is 0 Å². The molecule has 0 radical (unpaired) electrons. The quantitative estimate of drug-likeness (QED) is 0.796. The number of carbonyl (C=O) groups excluding carboxylic acids is 1. The normalized spacial score (nSPS) is 20.8. The lowest BCUT2D eigenvalue weighted by molar-refractivity contribution is -0.135. The molecule has 1 aromatic carbocycles. The van der Waals surface area contributed by atoms with Gasteiger partial charge in [-0.15, -0.1) is 0 Å². The molecule has 1 aliphatic heterocycles. The van der Waals surface area contributed by atoms with Crippen LogP contribution in [-0.2, 0) is 16.0 Å². The second-order valence-corrected chi connectivity index (χ2v) is 4.93. The number of morpholine rings is 1. The molecule has 1 aromatic rings. The molecular weight excluding hydrogens is 226 g/mol. The van der Waals surface area contributed by atoms with Gasteiger partial charge in [0.15, 0.2) is 5.78 Å². The minimum Gasteiger partial charge on any atom is -0.368 e. The second-order valence-electron chi connectivity index (χ2n) is 4.93. The van der Waals surface area contributed by atoms with Crippen LogP contribution < -0.4 is 0 Å². The van der Waals surface area contributed by atoms with Crippen molar-refractivity contribution in [3.05, 3.63) is 35.9 Å². The third-order valence-corrected chi connectivity index (χ3v) is 3.36. The lowest BCUT2D eigenvalue weighted by Crippen LogP contribution is -2.44. The van der Waals surface area contributed by atoms with Gasteiger partial charge in [-0.2, -0.15) is 0 Å². The molecule has 0 N–H and O–H groups in total. The Labute approximate surface area is 109 Å². The predicted octanol–water partition coefficient (Wildman–Crippen LogP) is 1.91. The summed E-state index contributed by atoms with van der Waals surface area (Å²) in [4.78, 5) is 14.1. The van der Waals surface area contributed by atoms with Gasteiger partial charge in [-0.1, -0.05) is 30.3 Å². The van der Waals surface area contributed by atoms with E-state index in [0.717, 1.165) is 25.9 Å². The number of likely N-dealkylation sites (N-methyl/N-ethyl adjacent to an activating group) is 1. The largest absolute Gasteiger partial charge is 0.368 e. The van der Waals surface area contributed by atoms with Crippen LogP contribution in [0, 0.1) is 0 Å². The average molecular weight is 247 g/mol. The number of Topliss-reactive ketones (excluding diaryl/α,β-unsaturated/α-hetero) is 1. The predicted molar refractivity (Wildman–Crippen MR) is 71.6 cm³/mol. The minimum absolute atomic E-state index is 0.209. The lowest BCUT2D eigenvalue weighted by Gasteiger charge is -2.29. The molecule has 0 amide bonds. The van der Waals surface area contributed by atoms with Crippen molar-refractivity contribution in [3.8, 4) is 0 Å². The Kier molecular flexibility index (Phi) is 4.90. The van der Waals surface area contributed by atoms with Crippen molar-refractivity contribution in [1.82, 2.24) is 4.90 Å². The molecule has 0 aromatic heterocycles. The van der Waals surface area contributed by atoms with Crippen molar-refractivity contribution in [2.45, 2.75) is 25.4 Å². The summed E-state index contributed by atoms with van der Waals surface area (Å²) in [5, 5.41) is 0. The van der Waals surface area contributed by atoms with Gasteiger partial charge in [-0.25, -0.2) is 0 Å². The minimum atomic E-state index is -0.209. The highest BCUT2D eigenvalue weighted by Gasteiger charge is 2.23. The Bertz CT molecular complexity index is 377. The Balaban J connectivity index is 1.71. The van der Waals surface area contributed by atoms with Crippen molar-refractivity contribution >= 4 is 5.78 Å². The average Bonchev–Trinajstić information content (AvgIpc) is 2.40. The fourth-order valence-corrected chi connectivity index (χ4v) is 2.25. The van der Waals surface area contributed by atoms with Crippen LogP contribution in [0.1, 0.15) is 18.4 Å². The molecule has 1 heterocycles. The number of carbonyl (C=O) groups is 1. The van der Waals surface area contributed by atoms with E-state index < -0.39 is 0 Å². The summed E-state index contributed by atoms with van der Waals surface area (Å²) in [6, 6.07) is 10.3. The van der Waals surface area contributed by atoms with E-state index in [1.165, 1.54) is 5.56 Å². The molecule has 1 atom stereocenters. The maximum atomic E-state index is 12.0. The van der Waals surface area contributed by atoms with Gasteiger partial charge >= 0.3 is 0 Å². The molecule has 1 fully saturated rings. The number of ketones is 1. The molecule has 1 unspecified atom stereocenters. The van der Waals surface area contributed by atoms with E-state index in [0.29, 0.717) is 13.0 Å². The first-order valence-electron chi connectivity index (χ1n) is 6.62. The summed E-state index contributed by atoms with van der Waals surface area (Å²) in [5.74, 6) is 0.248. The Morgan fingerprint density at radius 2 is 2.17 bits per heavy atom. The van der Waals surface area contributed by atoms with E-state index in [1.807, 2.05) is 25.2 Å². The molecule has 2 rings (SSSR count). The van der Waals surface area contributed by atoms with Gasteiger partial charge in [0.25, 0.3) is 0 Å². The Hall–Kier alpha value is -1.19. The zero-order valence-corrected chi connectivity index (χ0v) is 11.0. The van der Waals surface area contributed by atoms with Crippen LogP contribution in [0.5, 0.6) is 0 Å². The maximum Gasteiger partial charge on any atom is 0.162 e. The SMILES string of the molecule is CN1CCOC(C(=O)CCCc2ccccc2)C1. The van der Waals surface area contributed by atoms with Gasteiger partial charge < -0.3 is 9.64 Å². The number of hydrogen-bond donors (Lipinski definition) is 0. The molecule has 98 valence electrons. The third kappa shape index (κ3) is 3.93. The van der Waals surface area contributed by atoms with Crippen LogP contribution in [-0.4, -0.2) is 43.5 Å². The van der Waals surface area contributed by atoms with Crippen molar-refractivity contribution in [1.29, 1.82) is 0 Å². The molecule has 3 heteroatoms. The number of hydrogen-bond acceptors (Lipinski definition) is 3. The highest BCUT2D eigenvalue weighted by Crippen LogP contribution is 2.10. The summed E-state index contributed by atoms with van der Waals surface area (Å²) >= 11 is 0. The highest BCUT2D eigenvalue weighted by atomic mass is 16.5. The second kappa shape index (κ2) is 6.66. The number of ether oxygens (including phenoxy) is 1. The van der Waals surface area contributed by atoms with Gasteiger partial charge in [-0.05, 0) is 25.5 Å². The summed E-state index contributed by atoms with van der Waals surface area (Å²) < 4.78 is 5.52. The van der Waals surface area contributed by atoms with Crippen molar-refractivity contribution in [2.24, 2.45) is 0 Å². The van der Waals surface area contributed by atoms with Gasteiger partial charge in [0.2, 0.25) is 0 Å². The zero-order chi connectivity index (χ0) is 12.8. The van der Waals surface area contributed by atoms with E-state index in [9.17, 15) is 4.79 Å². The van der Waals surface area contributed by atoms with E-state index >= 15 is 0 Å². The topological polar surface area (TPSA) is 29.5 Å². The van der Waals surface area contributed by atoms with Gasteiger partial charge in [0.05, 0.1) is 6.61 Å². The molecule has 18 heavy (non-hydrogen) atoms.